The van der Waals surface area contributed by atoms with Crippen molar-refractivity contribution >= 4 is 29.6 Å². The van der Waals surface area contributed by atoms with E-state index in [4.69, 9.17) is 11.5 Å². The molecule has 0 aliphatic carbocycles. The maximum Gasteiger partial charge on any atom is 0.243 e. The number of carbonyl (C=O) groups is 2. The van der Waals surface area contributed by atoms with E-state index in [0.29, 0.717) is 38.3 Å². The summed E-state index contributed by atoms with van der Waals surface area (Å²) in [6, 6.07) is 17.1. The van der Waals surface area contributed by atoms with Gasteiger partial charge in [-0.2, -0.15) is 0 Å². The number of likely N-dealkylation sites (tertiary alicyclic amines) is 1. The average molecular weight is 553 g/mol. The van der Waals surface area contributed by atoms with Crippen LogP contribution in [0.15, 0.2) is 59.6 Å². The SMILES string of the molecule is CCCCN=C(N)c1ccc(CNC(=O)C2CCCN2C(=O)C(CCCCN)NSCc2ccccc2)cc1. The number of rotatable bonds is 16. The smallest absolute Gasteiger partial charge is 0.243 e. The Hall–Kier alpha value is -2.88. The van der Waals surface area contributed by atoms with Crippen LogP contribution in [0.2, 0.25) is 0 Å². The molecule has 1 aliphatic heterocycles. The highest BCUT2D eigenvalue weighted by atomic mass is 32.2. The van der Waals surface area contributed by atoms with Crippen LogP contribution in [0.4, 0.5) is 0 Å². The summed E-state index contributed by atoms with van der Waals surface area (Å²) in [6.45, 7) is 4.45. The highest BCUT2D eigenvalue weighted by Crippen LogP contribution is 2.21. The number of benzene rings is 2. The van der Waals surface area contributed by atoms with Gasteiger partial charge in [0.15, 0.2) is 0 Å². The molecule has 1 aliphatic rings. The van der Waals surface area contributed by atoms with Crippen LogP contribution in [-0.2, 0) is 21.9 Å². The predicted octanol–water partition coefficient (Wildman–Crippen LogP) is 3.73. The van der Waals surface area contributed by atoms with E-state index in [0.717, 1.165) is 55.5 Å². The zero-order valence-corrected chi connectivity index (χ0v) is 23.9. The van der Waals surface area contributed by atoms with Crippen molar-refractivity contribution in [3.8, 4) is 0 Å². The number of hydrogen-bond acceptors (Lipinski definition) is 6. The zero-order chi connectivity index (χ0) is 27.9. The van der Waals surface area contributed by atoms with Crippen molar-refractivity contribution in [1.29, 1.82) is 0 Å². The third kappa shape index (κ3) is 9.98. The minimum Gasteiger partial charge on any atom is -0.384 e. The van der Waals surface area contributed by atoms with Gasteiger partial charge in [-0.15, -0.1) is 0 Å². The molecule has 3 rings (SSSR count). The predicted molar refractivity (Wildman–Crippen MR) is 161 cm³/mol. The van der Waals surface area contributed by atoms with Gasteiger partial charge >= 0.3 is 0 Å². The number of nitrogens with zero attached hydrogens (tertiary/aromatic N) is 2. The molecular formula is C30H44N6O2S. The monoisotopic (exact) mass is 552 g/mol. The van der Waals surface area contributed by atoms with Crippen molar-refractivity contribution in [2.75, 3.05) is 19.6 Å². The summed E-state index contributed by atoms with van der Waals surface area (Å²) in [4.78, 5) is 32.9. The summed E-state index contributed by atoms with van der Waals surface area (Å²) in [7, 11) is 0. The lowest BCUT2D eigenvalue weighted by atomic mass is 10.1. The van der Waals surface area contributed by atoms with Gasteiger partial charge in [0.25, 0.3) is 0 Å². The highest BCUT2D eigenvalue weighted by Gasteiger charge is 2.36. The minimum atomic E-state index is -0.448. The molecule has 1 fully saturated rings. The fourth-order valence-corrected chi connectivity index (χ4v) is 5.44. The maximum atomic E-state index is 13.6. The number of unbranched alkanes of at least 4 members (excludes halogenated alkanes) is 2. The van der Waals surface area contributed by atoms with E-state index in [1.165, 1.54) is 17.5 Å². The number of aliphatic imine (C=N–C) groups is 1. The van der Waals surface area contributed by atoms with Crippen molar-refractivity contribution in [1.82, 2.24) is 14.9 Å². The lowest BCUT2D eigenvalue weighted by Gasteiger charge is -2.28. The number of hydrogen-bond donors (Lipinski definition) is 4. The molecule has 0 saturated carbocycles. The van der Waals surface area contributed by atoms with E-state index >= 15 is 0 Å². The van der Waals surface area contributed by atoms with Crippen LogP contribution in [0.3, 0.4) is 0 Å². The number of amides is 2. The Morgan fingerprint density at radius 3 is 2.56 bits per heavy atom. The lowest BCUT2D eigenvalue weighted by molar-refractivity contribution is -0.139. The van der Waals surface area contributed by atoms with Gasteiger partial charge in [-0.25, -0.2) is 0 Å². The van der Waals surface area contributed by atoms with Crippen LogP contribution < -0.4 is 21.5 Å². The third-order valence-electron chi connectivity index (χ3n) is 6.90. The summed E-state index contributed by atoms with van der Waals surface area (Å²) in [5.74, 6) is 1.19. The first-order valence-electron chi connectivity index (χ1n) is 14.1. The molecule has 6 N–H and O–H groups in total. The molecule has 39 heavy (non-hydrogen) atoms. The van der Waals surface area contributed by atoms with Crippen molar-refractivity contribution < 1.29 is 9.59 Å². The van der Waals surface area contributed by atoms with Gasteiger partial charge in [0.05, 0.1) is 6.04 Å². The maximum absolute atomic E-state index is 13.6. The van der Waals surface area contributed by atoms with Crippen LogP contribution in [-0.4, -0.2) is 54.3 Å². The van der Waals surface area contributed by atoms with Gasteiger partial charge in [0.2, 0.25) is 11.8 Å². The molecule has 0 spiro atoms. The van der Waals surface area contributed by atoms with Gasteiger partial charge in [-0.3, -0.25) is 19.3 Å². The van der Waals surface area contributed by atoms with Crippen LogP contribution in [0.1, 0.15) is 68.6 Å². The Bertz CT molecular complexity index is 1050. The van der Waals surface area contributed by atoms with E-state index < -0.39 is 6.04 Å². The molecule has 1 saturated heterocycles. The quantitative estimate of drug-likeness (QED) is 0.109. The minimum absolute atomic E-state index is 0.00702. The fraction of sp³-hybridized carbons (Fsp3) is 0.500. The molecule has 0 aromatic heterocycles. The van der Waals surface area contributed by atoms with Crippen molar-refractivity contribution in [3.05, 3.63) is 71.3 Å². The molecule has 2 aromatic rings. The molecule has 2 unspecified atom stereocenters. The summed E-state index contributed by atoms with van der Waals surface area (Å²) in [5.41, 5.74) is 14.8. The van der Waals surface area contributed by atoms with Gasteiger partial charge in [-0.1, -0.05) is 86.3 Å². The van der Waals surface area contributed by atoms with Crippen LogP contribution in [0, 0.1) is 0 Å². The standard InChI is InChI=1S/C30H44N6O2S/c1-2-3-19-33-28(32)25-16-14-23(15-17-25)21-34-29(37)27-13-9-20-36(27)30(38)26(12-7-8-18-31)35-39-22-24-10-5-4-6-11-24/h4-6,10-11,14-17,26-27,35H,2-3,7-9,12-13,18-22,31H2,1H3,(H2,32,33)(H,34,37). The summed E-state index contributed by atoms with van der Waals surface area (Å²) in [5, 5.41) is 3.04. The molecule has 0 bridgehead atoms. The fourth-order valence-electron chi connectivity index (χ4n) is 4.58. The first-order valence-corrected chi connectivity index (χ1v) is 15.1. The molecule has 2 amide bonds. The average Bonchev–Trinajstić information content (AvgIpc) is 3.46. The molecule has 212 valence electrons. The second-order valence-electron chi connectivity index (χ2n) is 9.95. The summed E-state index contributed by atoms with van der Waals surface area (Å²) >= 11 is 1.54. The normalized spacial score (nSPS) is 16.3. The van der Waals surface area contributed by atoms with Crippen molar-refractivity contribution in [3.63, 3.8) is 0 Å². The Kier molecular flexibility index (Phi) is 13.3. The van der Waals surface area contributed by atoms with Gasteiger partial charge < -0.3 is 21.7 Å². The molecule has 2 aromatic carbocycles. The second-order valence-corrected chi connectivity index (χ2v) is 10.8. The van der Waals surface area contributed by atoms with E-state index in [2.05, 4.69) is 34.1 Å². The topological polar surface area (TPSA) is 126 Å². The number of nitrogens with two attached hydrogens (primary N) is 2. The van der Waals surface area contributed by atoms with Crippen LogP contribution >= 0.6 is 11.9 Å². The van der Waals surface area contributed by atoms with Gasteiger partial charge in [0, 0.05) is 31.0 Å². The summed E-state index contributed by atoms with van der Waals surface area (Å²) < 4.78 is 3.38. The lowest BCUT2D eigenvalue weighted by Crippen LogP contribution is -2.51. The third-order valence-corrected chi connectivity index (χ3v) is 7.83. The van der Waals surface area contributed by atoms with E-state index in [1.807, 2.05) is 42.5 Å². The second kappa shape index (κ2) is 16.9. The van der Waals surface area contributed by atoms with E-state index in [1.54, 1.807) is 4.90 Å². The zero-order valence-electron chi connectivity index (χ0n) is 23.1. The Labute approximate surface area is 237 Å². The molecule has 1 heterocycles. The van der Waals surface area contributed by atoms with Gasteiger partial charge in [0.1, 0.15) is 11.9 Å². The summed E-state index contributed by atoms with van der Waals surface area (Å²) in [6.07, 6.45) is 6.02. The largest absolute Gasteiger partial charge is 0.384 e. The van der Waals surface area contributed by atoms with E-state index in [9.17, 15) is 9.59 Å². The van der Waals surface area contributed by atoms with Crippen LogP contribution in [0.25, 0.3) is 0 Å². The molecule has 8 nitrogen and oxygen atoms in total. The number of nitrogens with one attached hydrogen (secondary N) is 2. The Balaban J connectivity index is 1.55. The molecule has 9 heteroatoms. The first-order chi connectivity index (χ1) is 19.0. The molecule has 0 radical (unpaired) electrons. The van der Waals surface area contributed by atoms with Gasteiger partial charge in [-0.05, 0) is 49.8 Å². The molecular weight excluding hydrogens is 508 g/mol. The van der Waals surface area contributed by atoms with Crippen molar-refractivity contribution in [2.45, 2.75) is 76.3 Å². The molecule has 2 atom stereocenters. The van der Waals surface area contributed by atoms with E-state index in [-0.39, 0.29) is 17.9 Å². The number of carbonyl (C=O) groups excluding carboxylic acids is 2. The number of amidine groups is 1. The Morgan fingerprint density at radius 2 is 1.85 bits per heavy atom. The Morgan fingerprint density at radius 1 is 1.08 bits per heavy atom. The highest BCUT2D eigenvalue weighted by molar-refractivity contribution is 7.96. The van der Waals surface area contributed by atoms with Crippen molar-refractivity contribution in [2.24, 2.45) is 16.5 Å². The van der Waals surface area contributed by atoms with Crippen LogP contribution in [0.5, 0.6) is 0 Å². The first kappa shape index (κ1) is 30.7.